The average Bonchev–Trinajstić information content (AvgIpc) is 3.22. The van der Waals surface area contributed by atoms with Crippen molar-refractivity contribution in [2.45, 2.75) is 31.5 Å². The van der Waals surface area contributed by atoms with Gasteiger partial charge in [-0.05, 0) is 12.8 Å². The third-order valence-corrected chi connectivity index (χ3v) is 4.53. The van der Waals surface area contributed by atoms with Crippen molar-refractivity contribution in [1.82, 2.24) is 19.7 Å². The molecule has 2 aromatic heterocycles. The average molecular weight is 382 g/mol. The van der Waals surface area contributed by atoms with Gasteiger partial charge in [-0.2, -0.15) is 23.3 Å². The highest BCUT2D eigenvalue weighted by molar-refractivity contribution is 5.96. The lowest BCUT2D eigenvalue weighted by Crippen LogP contribution is -2.33. The van der Waals surface area contributed by atoms with E-state index in [4.69, 9.17) is 0 Å². The van der Waals surface area contributed by atoms with Gasteiger partial charge < -0.3 is 9.80 Å². The molecule has 1 aliphatic rings. The van der Waals surface area contributed by atoms with Crippen molar-refractivity contribution in [3.63, 3.8) is 0 Å². The molecular weight excluding hydrogens is 361 g/mol. The fraction of sp³-hybridized carbons (Fsp3) is 0.529. The highest BCUT2D eigenvalue weighted by atomic mass is 19.4. The summed E-state index contributed by atoms with van der Waals surface area (Å²) in [6, 6.07) is 0.686. The van der Waals surface area contributed by atoms with Crippen LogP contribution in [0, 0.1) is 0 Å². The molecule has 1 unspecified atom stereocenters. The van der Waals surface area contributed by atoms with E-state index >= 15 is 0 Å². The molecule has 10 heteroatoms. The summed E-state index contributed by atoms with van der Waals surface area (Å²) in [5, 5.41) is 3.99. The van der Waals surface area contributed by atoms with Crippen molar-refractivity contribution >= 4 is 17.5 Å². The second-order valence-corrected chi connectivity index (χ2v) is 6.82. The molecule has 0 N–H and O–H groups in total. The van der Waals surface area contributed by atoms with Gasteiger partial charge in [0, 0.05) is 52.4 Å². The van der Waals surface area contributed by atoms with Gasteiger partial charge in [-0.15, -0.1) is 0 Å². The number of rotatable bonds is 5. The minimum Gasteiger partial charge on any atom is -0.363 e. The van der Waals surface area contributed by atoms with E-state index in [0.717, 1.165) is 12.5 Å². The van der Waals surface area contributed by atoms with E-state index in [-0.39, 0.29) is 30.0 Å². The van der Waals surface area contributed by atoms with E-state index in [1.165, 1.54) is 11.1 Å². The number of Topliss-reactive ketones (excluding diaryl/α,β-unsaturated/α-hetero) is 1. The number of ketones is 1. The van der Waals surface area contributed by atoms with Gasteiger partial charge in [0.05, 0.1) is 11.8 Å². The maximum Gasteiger partial charge on any atom is 0.433 e. The van der Waals surface area contributed by atoms with Crippen LogP contribution in [-0.4, -0.2) is 52.2 Å². The first-order valence-corrected chi connectivity index (χ1v) is 8.57. The Morgan fingerprint density at radius 3 is 2.67 bits per heavy atom. The summed E-state index contributed by atoms with van der Waals surface area (Å²) in [6.45, 7) is 0.513. The molecule has 0 aliphatic carbocycles. The number of carbonyl (C=O) groups is 1. The zero-order valence-corrected chi connectivity index (χ0v) is 15.4. The number of hydrogen-bond donors (Lipinski definition) is 0. The fourth-order valence-corrected chi connectivity index (χ4v) is 3.13. The van der Waals surface area contributed by atoms with Crippen LogP contribution in [0.1, 0.15) is 35.3 Å². The van der Waals surface area contributed by atoms with Crippen molar-refractivity contribution in [2.24, 2.45) is 7.05 Å². The molecule has 3 rings (SSSR count). The lowest BCUT2D eigenvalue weighted by atomic mass is 10.0. The quantitative estimate of drug-likeness (QED) is 0.741. The lowest BCUT2D eigenvalue weighted by molar-refractivity contribution is -0.141. The number of halogens is 3. The third-order valence-electron chi connectivity index (χ3n) is 4.53. The van der Waals surface area contributed by atoms with Crippen LogP contribution in [-0.2, 0) is 13.2 Å². The minimum atomic E-state index is -4.57. The van der Waals surface area contributed by atoms with Crippen LogP contribution in [0.15, 0.2) is 18.5 Å². The molecule has 146 valence electrons. The minimum absolute atomic E-state index is 0.00927. The van der Waals surface area contributed by atoms with Crippen LogP contribution in [0.5, 0.6) is 0 Å². The zero-order valence-electron chi connectivity index (χ0n) is 15.4. The van der Waals surface area contributed by atoms with E-state index in [0.29, 0.717) is 18.5 Å². The molecule has 7 nitrogen and oxygen atoms in total. The molecule has 0 bridgehead atoms. The molecule has 0 spiro atoms. The van der Waals surface area contributed by atoms with Crippen LogP contribution < -0.4 is 9.80 Å². The van der Waals surface area contributed by atoms with Gasteiger partial charge in [-0.1, -0.05) is 0 Å². The Kier molecular flexibility index (Phi) is 5.07. The van der Waals surface area contributed by atoms with Crippen molar-refractivity contribution < 1.29 is 18.0 Å². The van der Waals surface area contributed by atoms with Crippen LogP contribution in [0.25, 0.3) is 0 Å². The summed E-state index contributed by atoms with van der Waals surface area (Å²) in [6.07, 6.45) is 0.204. The molecule has 0 amide bonds. The Balaban J connectivity index is 1.87. The Morgan fingerprint density at radius 2 is 2.07 bits per heavy atom. The topological polar surface area (TPSA) is 67.2 Å². The first kappa shape index (κ1) is 19.1. The molecule has 1 fully saturated rings. The van der Waals surface area contributed by atoms with Crippen LogP contribution in [0.4, 0.5) is 24.9 Å². The first-order chi connectivity index (χ1) is 12.6. The molecule has 0 aromatic carbocycles. The van der Waals surface area contributed by atoms with Gasteiger partial charge in [-0.3, -0.25) is 9.48 Å². The van der Waals surface area contributed by atoms with Crippen molar-refractivity contribution in [3.8, 4) is 0 Å². The molecule has 1 aliphatic heterocycles. The highest BCUT2D eigenvalue weighted by Crippen LogP contribution is 2.33. The predicted molar refractivity (Wildman–Crippen MR) is 93.9 cm³/mol. The highest BCUT2D eigenvalue weighted by Gasteiger charge is 2.36. The van der Waals surface area contributed by atoms with Crippen molar-refractivity contribution in [1.29, 1.82) is 0 Å². The molecule has 1 atom stereocenters. The number of alkyl halides is 3. The van der Waals surface area contributed by atoms with E-state index < -0.39 is 11.9 Å². The maximum atomic E-state index is 13.2. The Bertz CT molecular complexity index is 832. The number of anilines is 2. The number of aromatic nitrogens is 4. The number of nitrogens with zero attached hydrogens (tertiary/aromatic N) is 6. The second-order valence-electron chi connectivity index (χ2n) is 6.82. The van der Waals surface area contributed by atoms with E-state index in [2.05, 4.69) is 15.1 Å². The standard InChI is InChI=1S/C17H21F3N6O/c1-24(2)15-8-14(17(18,19)20)22-16(23-15)26-6-4-5-12(26)7-13(27)11-9-21-25(3)10-11/h8-10,12H,4-7H2,1-3H3. The van der Waals surface area contributed by atoms with Crippen LogP contribution in [0.2, 0.25) is 0 Å². The van der Waals surface area contributed by atoms with E-state index in [1.54, 1.807) is 36.9 Å². The summed E-state index contributed by atoms with van der Waals surface area (Å²) in [7, 11) is 4.97. The Morgan fingerprint density at radius 1 is 1.33 bits per heavy atom. The third kappa shape index (κ3) is 4.20. The van der Waals surface area contributed by atoms with E-state index in [9.17, 15) is 18.0 Å². The second kappa shape index (κ2) is 7.16. The lowest BCUT2D eigenvalue weighted by Gasteiger charge is -2.26. The Hall–Kier alpha value is -2.65. The summed E-state index contributed by atoms with van der Waals surface area (Å²) in [5.41, 5.74) is -0.497. The molecule has 0 radical (unpaired) electrons. The van der Waals surface area contributed by atoms with Gasteiger partial charge >= 0.3 is 6.18 Å². The number of aryl methyl sites for hydroxylation is 1. The number of carbonyl (C=O) groups excluding carboxylic acids is 1. The van der Waals surface area contributed by atoms with Crippen molar-refractivity contribution in [2.75, 3.05) is 30.4 Å². The molecular formula is C17H21F3N6O. The van der Waals surface area contributed by atoms with Gasteiger partial charge in [0.15, 0.2) is 11.5 Å². The number of hydrogen-bond acceptors (Lipinski definition) is 6. The first-order valence-electron chi connectivity index (χ1n) is 8.57. The smallest absolute Gasteiger partial charge is 0.363 e. The monoisotopic (exact) mass is 382 g/mol. The SMILES string of the molecule is CN(C)c1cc(C(F)(F)F)nc(N2CCCC2CC(=O)c2cnn(C)c2)n1. The summed E-state index contributed by atoms with van der Waals surface area (Å²) >= 11 is 0. The van der Waals surface area contributed by atoms with Gasteiger partial charge in [0.1, 0.15) is 5.82 Å². The predicted octanol–water partition coefficient (Wildman–Crippen LogP) is 2.54. The zero-order chi connectivity index (χ0) is 19.8. The largest absolute Gasteiger partial charge is 0.433 e. The summed E-state index contributed by atoms with van der Waals surface area (Å²) < 4.78 is 41.3. The Labute approximate surface area is 154 Å². The van der Waals surface area contributed by atoms with Crippen LogP contribution in [0.3, 0.4) is 0 Å². The maximum absolute atomic E-state index is 13.2. The molecule has 0 saturated carbocycles. The van der Waals surface area contributed by atoms with Gasteiger partial charge in [-0.25, -0.2) is 4.98 Å². The van der Waals surface area contributed by atoms with Gasteiger partial charge in [0.25, 0.3) is 0 Å². The fourth-order valence-electron chi connectivity index (χ4n) is 3.13. The van der Waals surface area contributed by atoms with Gasteiger partial charge in [0.2, 0.25) is 5.95 Å². The molecule has 1 saturated heterocycles. The normalized spacial score (nSPS) is 17.4. The molecule has 2 aromatic rings. The van der Waals surface area contributed by atoms with Crippen molar-refractivity contribution in [3.05, 3.63) is 29.7 Å². The summed E-state index contributed by atoms with van der Waals surface area (Å²) in [4.78, 5) is 23.7. The molecule has 3 heterocycles. The molecule has 27 heavy (non-hydrogen) atoms. The van der Waals surface area contributed by atoms with Crippen LogP contribution >= 0.6 is 0 Å². The summed E-state index contributed by atoms with van der Waals surface area (Å²) in [5.74, 6) is 0.0892. The van der Waals surface area contributed by atoms with E-state index in [1.807, 2.05) is 0 Å².